The molecule has 0 radical (unpaired) electrons. The molecule has 1 spiro atoms. The van der Waals surface area contributed by atoms with Gasteiger partial charge >= 0.3 is 12.1 Å². The average Bonchev–Trinajstić information content (AvgIpc) is 3.45. The van der Waals surface area contributed by atoms with Gasteiger partial charge in [0.2, 0.25) is 0 Å². The number of pyridine rings is 1. The Morgan fingerprint density at radius 2 is 1.92 bits per heavy atom. The second-order valence-corrected chi connectivity index (χ2v) is 8.80. The molecule has 0 bridgehead atoms. The third-order valence-electron chi connectivity index (χ3n) is 6.39. The number of carbonyl (C=O) groups is 2. The monoisotopic (exact) mass is 505 g/mol. The van der Waals surface area contributed by atoms with E-state index in [0.717, 1.165) is 36.0 Å². The first-order valence-corrected chi connectivity index (χ1v) is 11.5. The molecule has 3 aromatic rings. The fourth-order valence-electron chi connectivity index (χ4n) is 4.53. The van der Waals surface area contributed by atoms with Gasteiger partial charge in [-0.05, 0) is 43.0 Å². The predicted molar refractivity (Wildman–Crippen MR) is 123 cm³/mol. The number of hydrogen-bond donors (Lipinski definition) is 2. The number of nitrogens with zero attached hydrogens (tertiary/aromatic N) is 2. The summed E-state index contributed by atoms with van der Waals surface area (Å²) in [6.07, 6.45) is -1.33. The Hall–Kier alpha value is -3.44. The molecule has 0 aliphatic carbocycles. The number of halogens is 3. The maximum absolute atomic E-state index is 12.9. The summed E-state index contributed by atoms with van der Waals surface area (Å²) < 4.78 is 43.7. The highest BCUT2D eigenvalue weighted by atomic mass is 19.4. The molecule has 11 heteroatoms. The van der Waals surface area contributed by atoms with Gasteiger partial charge in [0.05, 0.1) is 25.4 Å². The maximum Gasteiger partial charge on any atom is 0.490 e. The Morgan fingerprint density at radius 1 is 1.19 bits per heavy atom. The van der Waals surface area contributed by atoms with Gasteiger partial charge in [-0.15, -0.1) is 0 Å². The van der Waals surface area contributed by atoms with Crippen molar-refractivity contribution in [2.45, 2.75) is 31.2 Å². The van der Waals surface area contributed by atoms with Crippen LogP contribution in [0.25, 0.3) is 10.9 Å². The lowest BCUT2D eigenvalue weighted by atomic mass is 9.79. The second-order valence-electron chi connectivity index (χ2n) is 8.80. The Kier molecular flexibility index (Phi) is 7.60. The largest absolute Gasteiger partial charge is 0.490 e. The highest BCUT2D eigenvalue weighted by Gasteiger charge is 2.54. The molecule has 1 atom stereocenters. The van der Waals surface area contributed by atoms with Crippen LogP contribution in [0.5, 0.6) is 0 Å². The number of carbonyl (C=O) groups excluding carboxylic acids is 1. The molecule has 2 aliphatic heterocycles. The zero-order chi connectivity index (χ0) is 25.8. The van der Waals surface area contributed by atoms with Gasteiger partial charge < -0.3 is 24.5 Å². The Morgan fingerprint density at radius 3 is 2.58 bits per heavy atom. The highest BCUT2D eigenvalue weighted by molar-refractivity contribution is 5.98. The average molecular weight is 505 g/mol. The molecule has 2 saturated heterocycles. The number of para-hydroxylation sites is 1. The number of fused-ring (bicyclic) bond motifs is 1. The SMILES string of the molecule is O=C(O)C(F)(F)F.O=C(c1cc2ccccc2[nH]1)N1CC2(C1)OCCC2CCOCc1ccccn1. The molecule has 1 aromatic carbocycles. The van der Waals surface area contributed by atoms with Gasteiger partial charge in [0.1, 0.15) is 11.3 Å². The Balaban J connectivity index is 0.000000384. The number of carboxylic acid groups (broad SMARTS) is 1. The predicted octanol–water partition coefficient (Wildman–Crippen LogP) is 4.03. The molecule has 1 unspecified atom stereocenters. The molecule has 2 aliphatic rings. The van der Waals surface area contributed by atoms with Crippen LogP contribution in [0.2, 0.25) is 0 Å². The van der Waals surface area contributed by atoms with Crippen LogP contribution in [0.4, 0.5) is 13.2 Å². The van der Waals surface area contributed by atoms with Crippen molar-refractivity contribution in [2.24, 2.45) is 5.92 Å². The van der Waals surface area contributed by atoms with E-state index in [1.54, 1.807) is 6.20 Å². The van der Waals surface area contributed by atoms with E-state index < -0.39 is 12.1 Å². The molecule has 192 valence electrons. The summed E-state index contributed by atoms with van der Waals surface area (Å²) in [7, 11) is 0. The van der Waals surface area contributed by atoms with Gasteiger partial charge in [0.25, 0.3) is 5.91 Å². The number of carboxylic acids is 1. The number of alkyl halides is 3. The minimum Gasteiger partial charge on any atom is -0.475 e. The number of aromatic amines is 1. The van der Waals surface area contributed by atoms with E-state index in [2.05, 4.69) is 9.97 Å². The smallest absolute Gasteiger partial charge is 0.475 e. The van der Waals surface area contributed by atoms with Crippen LogP contribution in [0, 0.1) is 5.92 Å². The normalized spacial score (nSPS) is 18.5. The number of ether oxygens (including phenoxy) is 2. The van der Waals surface area contributed by atoms with Crippen LogP contribution in [-0.2, 0) is 20.9 Å². The van der Waals surface area contributed by atoms with Crippen molar-refractivity contribution >= 4 is 22.8 Å². The number of nitrogens with one attached hydrogen (secondary N) is 1. The van der Waals surface area contributed by atoms with Crippen LogP contribution < -0.4 is 0 Å². The topological polar surface area (TPSA) is 105 Å². The number of aromatic nitrogens is 2. The molecule has 2 fully saturated rings. The number of hydrogen-bond acceptors (Lipinski definition) is 5. The lowest BCUT2D eigenvalue weighted by molar-refractivity contribution is -0.192. The van der Waals surface area contributed by atoms with Crippen molar-refractivity contribution in [2.75, 3.05) is 26.3 Å². The van der Waals surface area contributed by atoms with E-state index in [9.17, 15) is 18.0 Å². The number of aliphatic carboxylic acids is 1. The molecule has 8 nitrogen and oxygen atoms in total. The number of H-pyrrole nitrogens is 1. The van der Waals surface area contributed by atoms with Crippen molar-refractivity contribution in [1.29, 1.82) is 0 Å². The Labute approximate surface area is 205 Å². The lowest BCUT2D eigenvalue weighted by Crippen LogP contribution is -2.66. The zero-order valence-corrected chi connectivity index (χ0v) is 19.3. The van der Waals surface area contributed by atoms with E-state index in [0.29, 0.717) is 37.9 Å². The maximum atomic E-state index is 12.9. The molecule has 4 heterocycles. The van der Waals surface area contributed by atoms with E-state index in [4.69, 9.17) is 19.4 Å². The summed E-state index contributed by atoms with van der Waals surface area (Å²) in [5, 5.41) is 8.19. The second kappa shape index (κ2) is 10.7. The van der Waals surface area contributed by atoms with Gasteiger partial charge in [0.15, 0.2) is 0 Å². The minimum absolute atomic E-state index is 0.0486. The molecule has 2 N–H and O–H groups in total. The fourth-order valence-corrected chi connectivity index (χ4v) is 4.53. The Bertz CT molecular complexity index is 1160. The van der Waals surface area contributed by atoms with E-state index in [-0.39, 0.29) is 11.5 Å². The summed E-state index contributed by atoms with van der Waals surface area (Å²) in [5.74, 6) is -2.28. The van der Waals surface area contributed by atoms with Crippen LogP contribution in [0.3, 0.4) is 0 Å². The van der Waals surface area contributed by atoms with Gasteiger partial charge in [-0.2, -0.15) is 13.2 Å². The number of benzene rings is 1. The summed E-state index contributed by atoms with van der Waals surface area (Å²) in [4.78, 5) is 31.2. The van der Waals surface area contributed by atoms with Crippen LogP contribution >= 0.6 is 0 Å². The van der Waals surface area contributed by atoms with E-state index in [1.807, 2.05) is 53.4 Å². The summed E-state index contributed by atoms with van der Waals surface area (Å²) >= 11 is 0. The number of rotatable bonds is 6. The first-order valence-electron chi connectivity index (χ1n) is 11.5. The standard InChI is InChI=1S/C23H25N3O3.C2HF3O2/c27-22(21-13-17-5-1-2-7-20(17)25-21)26-15-23(16-26)18(9-12-29-23)8-11-28-14-19-6-3-4-10-24-19;3-2(4,5)1(6)7/h1-7,10,13,18,25H,8-9,11-12,14-16H2;(H,6,7). The van der Waals surface area contributed by atoms with Crippen molar-refractivity contribution in [3.05, 3.63) is 66.1 Å². The van der Waals surface area contributed by atoms with Gasteiger partial charge in [-0.1, -0.05) is 24.3 Å². The van der Waals surface area contributed by atoms with Crippen LogP contribution in [0.1, 0.15) is 29.0 Å². The third-order valence-corrected chi connectivity index (χ3v) is 6.39. The van der Waals surface area contributed by atoms with Crippen LogP contribution in [0.15, 0.2) is 54.7 Å². The molecule has 5 rings (SSSR count). The van der Waals surface area contributed by atoms with Crippen molar-refractivity contribution in [3.63, 3.8) is 0 Å². The summed E-state index contributed by atoms with van der Waals surface area (Å²) in [5.41, 5.74) is 2.39. The number of likely N-dealkylation sites (tertiary alicyclic amines) is 1. The molecule has 0 saturated carbocycles. The van der Waals surface area contributed by atoms with E-state index >= 15 is 0 Å². The molecule has 2 aromatic heterocycles. The van der Waals surface area contributed by atoms with E-state index in [1.165, 1.54) is 0 Å². The third kappa shape index (κ3) is 5.85. The van der Waals surface area contributed by atoms with Gasteiger partial charge in [0, 0.05) is 30.3 Å². The first-order chi connectivity index (χ1) is 17.2. The molecule has 36 heavy (non-hydrogen) atoms. The van der Waals surface area contributed by atoms with Crippen molar-refractivity contribution in [3.8, 4) is 0 Å². The molecular formula is C25H26F3N3O5. The fraction of sp³-hybridized carbons (Fsp3) is 0.400. The van der Waals surface area contributed by atoms with Crippen molar-refractivity contribution < 1.29 is 37.3 Å². The lowest BCUT2D eigenvalue weighted by Gasteiger charge is -2.50. The van der Waals surface area contributed by atoms with Crippen LogP contribution in [-0.4, -0.2) is 69.9 Å². The molecular weight excluding hydrogens is 479 g/mol. The quantitative estimate of drug-likeness (QED) is 0.490. The van der Waals surface area contributed by atoms with Crippen molar-refractivity contribution in [1.82, 2.24) is 14.9 Å². The first kappa shape index (κ1) is 25.6. The van der Waals surface area contributed by atoms with Gasteiger partial charge in [-0.3, -0.25) is 9.78 Å². The summed E-state index contributed by atoms with van der Waals surface area (Å²) in [6, 6.07) is 15.7. The zero-order valence-electron chi connectivity index (χ0n) is 19.3. The minimum atomic E-state index is -5.08. The van der Waals surface area contributed by atoms with Gasteiger partial charge in [-0.25, -0.2) is 4.79 Å². The summed E-state index contributed by atoms with van der Waals surface area (Å²) in [6.45, 7) is 3.30. The molecule has 1 amide bonds. The number of amides is 1. The highest BCUT2D eigenvalue weighted by Crippen LogP contribution is 2.42.